The minimum absolute atomic E-state index is 0. The molecule has 0 bridgehead atoms. The van der Waals surface area contributed by atoms with Crippen molar-refractivity contribution in [3.05, 3.63) is 70.8 Å². The molecule has 1 unspecified atom stereocenters. The highest BCUT2D eigenvalue weighted by Crippen LogP contribution is 2.22. The maximum Gasteiger partial charge on any atom is 0.338 e. The molecule has 8 heteroatoms. The molecule has 0 saturated heterocycles. The summed E-state index contributed by atoms with van der Waals surface area (Å²) in [4.78, 5) is 11.8. The van der Waals surface area contributed by atoms with Crippen LogP contribution < -0.4 is 10.0 Å². The van der Waals surface area contributed by atoms with Crippen molar-refractivity contribution in [3.8, 4) is 0 Å². The molecule has 1 heterocycles. The lowest BCUT2D eigenvalue weighted by Gasteiger charge is -2.27. The second-order valence-electron chi connectivity index (χ2n) is 6.21. The molecular weight excluding hydrogens is 388 g/mol. The number of sulfonamides is 1. The van der Waals surface area contributed by atoms with Crippen LogP contribution in [0.1, 0.15) is 33.1 Å². The molecule has 27 heavy (non-hydrogen) atoms. The van der Waals surface area contributed by atoms with E-state index in [1.165, 1.54) is 12.7 Å². The van der Waals surface area contributed by atoms with Crippen molar-refractivity contribution in [1.82, 2.24) is 10.0 Å². The Bertz CT molecular complexity index is 902. The maximum atomic E-state index is 12.5. The number of rotatable bonds is 6. The van der Waals surface area contributed by atoms with E-state index in [0.717, 1.165) is 18.5 Å². The summed E-state index contributed by atoms with van der Waals surface area (Å²) in [5.41, 5.74) is 3.05. The Morgan fingerprint density at radius 2 is 1.89 bits per heavy atom. The van der Waals surface area contributed by atoms with Gasteiger partial charge >= 0.3 is 5.97 Å². The van der Waals surface area contributed by atoms with Crippen molar-refractivity contribution in [2.45, 2.75) is 18.2 Å². The van der Waals surface area contributed by atoms with Gasteiger partial charge in [-0.15, -0.1) is 12.4 Å². The lowest BCUT2D eigenvalue weighted by molar-refractivity contribution is 0.0600. The third kappa shape index (κ3) is 5.29. The van der Waals surface area contributed by atoms with Gasteiger partial charge < -0.3 is 10.1 Å². The largest absolute Gasteiger partial charge is 0.465 e. The SMILES string of the molecule is COC(=O)c1ccccc1CS(=O)(=O)NCC1NCCc2ccccc21.Cl. The van der Waals surface area contributed by atoms with Crippen LogP contribution >= 0.6 is 12.4 Å². The van der Waals surface area contributed by atoms with Gasteiger partial charge in [0.05, 0.1) is 18.4 Å². The number of methoxy groups -OCH3 is 1. The molecular formula is C19H23ClN2O4S. The minimum atomic E-state index is -3.60. The number of carbonyl (C=O) groups excluding carboxylic acids is 1. The van der Waals surface area contributed by atoms with E-state index in [1.807, 2.05) is 18.2 Å². The molecule has 146 valence electrons. The van der Waals surface area contributed by atoms with Crippen LogP contribution in [0.25, 0.3) is 0 Å². The van der Waals surface area contributed by atoms with Crippen LogP contribution in [0.5, 0.6) is 0 Å². The van der Waals surface area contributed by atoms with Gasteiger partial charge in [0.2, 0.25) is 10.0 Å². The highest BCUT2D eigenvalue weighted by molar-refractivity contribution is 7.88. The summed E-state index contributed by atoms with van der Waals surface area (Å²) in [6.45, 7) is 1.08. The first-order valence-electron chi connectivity index (χ1n) is 8.45. The second kappa shape index (κ2) is 9.32. The van der Waals surface area contributed by atoms with Gasteiger partial charge in [-0.25, -0.2) is 17.9 Å². The Morgan fingerprint density at radius 3 is 2.67 bits per heavy atom. The van der Waals surface area contributed by atoms with Gasteiger partial charge in [-0.3, -0.25) is 0 Å². The number of hydrogen-bond donors (Lipinski definition) is 2. The number of halogens is 1. The van der Waals surface area contributed by atoms with Crippen LogP contribution in [0.3, 0.4) is 0 Å². The van der Waals surface area contributed by atoms with Crippen molar-refractivity contribution < 1.29 is 17.9 Å². The highest BCUT2D eigenvalue weighted by atomic mass is 35.5. The smallest absolute Gasteiger partial charge is 0.338 e. The van der Waals surface area contributed by atoms with E-state index in [0.29, 0.717) is 5.56 Å². The van der Waals surface area contributed by atoms with Crippen molar-refractivity contribution >= 4 is 28.4 Å². The monoisotopic (exact) mass is 410 g/mol. The predicted molar refractivity (Wildman–Crippen MR) is 107 cm³/mol. The van der Waals surface area contributed by atoms with E-state index in [4.69, 9.17) is 4.74 Å². The van der Waals surface area contributed by atoms with Gasteiger partial charge in [0.15, 0.2) is 0 Å². The summed E-state index contributed by atoms with van der Waals surface area (Å²) < 4.78 is 32.4. The van der Waals surface area contributed by atoms with Crippen LogP contribution in [0.2, 0.25) is 0 Å². The van der Waals surface area contributed by atoms with Crippen LogP contribution in [-0.2, 0) is 26.9 Å². The van der Waals surface area contributed by atoms with E-state index < -0.39 is 16.0 Å². The molecule has 0 aromatic heterocycles. The summed E-state index contributed by atoms with van der Waals surface area (Å²) >= 11 is 0. The third-order valence-electron chi connectivity index (χ3n) is 4.49. The van der Waals surface area contributed by atoms with E-state index in [1.54, 1.807) is 24.3 Å². The standard InChI is InChI=1S/C19H22N2O4S.ClH/c1-25-19(22)17-9-5-3-7-15(17)13-26(23,24)21-12-18-16-8-4-2-6-14(16)10-11-20-18;/h2-9,18,20-21H,10-13H2,1H3;1H. The van der Waals surface area contributed by atoms with Crippen LogP contribution in [0, 0.1) is 0 Å². The van der Waals surface area contributed by atoms with Crippen LogP contribution in [-0.4, -0.2) is 34.6 Å². The van der Waals surface area contributed by atoms with E-state index >= 15 is 0 Å². The van der Waals surface area contributed by atoms with Gasteiger partial charge in [0.1, 0.15) is 0 Å². The zero-order valence-electron chi connectivity index (χ0n) is 15.0. The zero-order valence-corrected chi connectivity index (χ0v) is 16.6. The fraction of sp³-hybridized carbons (Fsp3) is 0.316. The van der Waals surface area contributed by atoms with Crippen molar-refractivity contribution in [1.29, 1.82) is 0 Å². The number of ether oxygens (including phenoxy) is 1. The van der Waals surface area contributed by atoms with Crippen molar-refractivity contribution in [3.63, 3.8) is 0 Å². The van der Waals surface area contributed by atoms with Crippen LogP contribution in [0.4, 0.5) is 0 Å². The molecule has 0 saturated carbocycles. The molecule has 0 fully saturated rings. The Labute approximate surface area is 165 Å². The van der Waals surface area contributed by atoms with E-state index in [-0.39, 0.29) is 36.3 Å². The molecule has 1 aliphatic rings. The first-order chi connectivity index (χ1) is 12.5. The number of esters is 1. The number of hydrogen-bond acceptors (Lipinski definition) is 5. The van der Waals surface area contributed by atoms with E-state index in [9.17, 15) is 13.2 Å². The average molecular weight is 411 g/mol. The Morgan fingerprint density at radius 1 is 1.19 bits per heavy atom. The highest BCUT2D eigenvalue weighted by Gasteiger charge is 2.22. The summed E-state index contributed by atoms with van der Waals surface area (Å²) in [6.07, 6.45) is 0.936. The lowest BCUT2D eigenvalue weighted by atomic mass is 9.95. The summed E-state index contributed by atoms with van der Waals surface area (Å²) in [5, 5.41) is 3.35. The Kier molecular flexibility index (Phi) is 7.38. The normalized spacial score (nSPS) is 16.1. The third-order valence-corrected chi connectivity index (χ3v) is 5.79. The van der Waals surface area contributed by atoms with E-state index in [2.05, 4.69) is 16.1 Å². The average Bonchev–Trinajstić information content (AvgIpc) is 2.66. The van der Waals surface area contributed by atoms with Gasteiger partial charge in [-0.1, -0.05) is 42.5 Å². The van der Waals surface area contributed by atoms with Gasteiger partial charge in [-0.05, 0) is 35.7 Å². The number of carbonyl (C=O) groups is 1. The molecule has 1 atom stereocenters. The van der Waals surface area contributed by atoms with Crippen molar-refractivity contribution in [2.75, 3.05) is 20.2 Å². The summed E-state index contributed by atoms with van der Waals surface area (Å²) in [6, 6.07) is 14.6. The lowest BCUT2D eigenvalue weighted by Crippen LogP contribution is -2.39. The summed E-state index contributed by atoms with van der Waals surface area (Å²) in [5.74, 6) is -0.814. The quantitative estimate of drug-likeness (QED) is 0.713. The zero-order chi connectivity index (χ0) is 18.6. The topological polar surface area (TPSA) is 84.5 Å². The molecule has 0 spiro atoms. The van der Waals surface area contributed by atoms with Gasteiger partial charge in [0.25, 0.3) is 0 Å². The molecule has 0 amide bonds. The fourth-order valence-electron chi connectivity index (χ4n) is 3.20. The van der Waals surface area contributed by atoms with Gasteiger partial charge in [0, 0.05) is 12.6 Å². The molecule has 2 aromatic rings. The molecule has 2 aromatic carbocycles. The molecule has 3 rings (SSSR count). The maximum absolute atomic E-state index is 12.5. The first-order valence-corrected chi connectivity index (χ1v) is 10.1. The minimum Gasteiger partial charge on any atom is -0.465 e. The van der Waals surface area contributed by atoms with Gasteiger partial charge in [-0.2, -0.15) is 0 Å². The first kappa shape index (κ1) is 21.4. The molecule has 0 radical (unpaired) electrons. The summed E-state index contributed by atoms with van der Waals surface area (Å²) in [7, 11) is -2.32. The number of fused-ring (bicyclic) bond motifs is 1. The molecule has 0 aliphatic carbocycles. The Hall–Kier alpha value is -1.93. The fourth-order valence-corrected chi connectivity index (χ4v) is 4.38. The molecule has 6 nitrogen and oxygen atoms in total. The molecule has 2 N–H and O–H groups in total. The second-order valence-corrected chi connectivity index (χ2v) is 8.02. The number of nitrogens with one attached hydrogen (secondary N) is 2. The Balaban J connectivity index is 0.00000261. The van der Waals surface area contributed by atoms with Crippen molar-refractivity contribution in [2.24, 2.45) is 0 Å². The molecule has 1 aliphatic heterocycles. The van der Waals surface area contributed by atoms with Crippen LogP contribution in [0.15, 0.2) is 48.5 Å². The number of benzene rings is 2. The predicted octanol–water partition coefficient (Wildman–Crippen LogP) is 2.20.